The Labute approximate surface area is 122 Å². The molecule has 3 fully saturated rings. The second-order valence-corrected chi connectivity index (χ2v) is 5.47. The summed E-state index contributed by atoms with van der Waals surface area (Å²) in [5, 5.41) is 0. The molecule has 4 heteroatoms. The average Bonchev–Trinajstić information content (AvgIpc) is 2.22. The second kappa shape index (κ2) is 6.72. The molecule has 0 atom stereocenters. The molecule has 0 N–H and O–H groups in total. The SMILES string of the molecule is CCC[N+]12CC[N+](CCC)(CC1)CC2.[Br-].[Br-]. The quantitative estimate of drug-likeness (QED) is 0.445. The van der Waals surface area contributed by atoms with Crippen LogP contribution in [0.2, 0.25) is 0 Å². The molecule has 98 valence electrons. The van der Waals surface area contributed by atoms with Crippen molar-refractivity contribution in [1.29, 1.82) is 0 Å². The van der Waals surface area contributed by atoms with Gasteiger partial charge in [0.1, 0.15) is 39.3 Å². The van der Waals surface area contributed by atoms with Crippen LogP contribution in [0.1, 0.15) is 26.7 Å². The third kappa shape index (κ3) is 3.21. The lowest BCUT2D eigenvalue weighted by Crippen LogP contribution is -3.00. The van der Waals surface area contributed by atoms with E-state index < -0.39 is 0 Å². The first-order valence-corrected chi connectivity index (χ1v) is 6.44. The Kier molecular flexibility index (Phi) is 7.09. The first-order chi connectivity index (χ1) is 6.74. The molecule has 16 heavy (non-hydrogen) atoms. The fourth-order valence-corrected chi connectivity index (χ4v) is 3.56. The van der Waals surface area contributed by atoms with Crippen molar-refractivity contribution in [1.82, 2.24) is 0 Å². The minimum atomic E-state index is 0. The summed E-state index contributed by atoms with van der Waals surface area (Å²) in [5.41, 5.74) is 0. The Hall–Kier alpha value is 0.880. The van der Waals surface area contributed by atoms with E-state index in [1.807, 2.05) is 0 Å². The summed E-state index contributed by atoms with van der Waals surface area (Å²) in [6.07, 6.45) is 2.74. The van der Waals surface area contributed by atoms with E-state index in [-0.39, 0.29) is 34.0 Å². The largest absolute Gasteiger partial charge is 1.00 e. The van der Waals surface area contributed by atoms with Gasteiger partial charge in [-0.2, -0.15) is 0 Å². The lowest BCUT2D eigenvalue weighted by Gasteiger charge is -2.55. The number of piperazine rings is 3. The molecule has 0 saturated carbocycles. The predicted octanol–water partition coefficient (Wildman–Crippen LogP) is -4.52. The predicted molar refractivity (Wildman–Crippen MR) is 60.0 cm³/mol. The van der Waals surface area contributed by atoms with Crippen LogP contribution in [0.3, 0.4) is 0 Å². The fraction of sp³-hybridized carbons (Fsp3) is 1.00. The van der Waals surface area contributed by atoms with Crippen LogP contribution in [0.5, 0.6) is 0 Å². The normalized spacial score (nSPS) is 36.4. The Morgan fingerprint density at radius 2 is 0.875 bits per heavy atom. The van der Waals surface area contributed by atoms with Gasteiger partial charge in [-0.15, -0.1) is 0 Å². The smallest absolute Gasteiger partial charge is 0.129 e. The molecule has 3 heterocycles. The molecule has 2 nitrogen and oxygen atoms in total. The molecular weight excluding hydrogens is 332 g/mol. The van der Waals surface area contributed by atoms with Crippen molar-refractivity contribution >= 4 is 0 Å². The van der Waals surface area contributed by atoms with E-state index in [4.69, 9.17) is 0 Å². The maximum Gasteiger partial charge on any atom is 0.129 e. The molecule has 3 aliphatic rings. The Morgan fingerprint density at radius 1 is 0.625 bits per heavy atom. The van der Waals surface area contributed by atoms with E-state index in [1.165, 1.54) is 74.2 Å². The molecule has 0 amide bonds. The van der Waals surface area contributed by atoms with Crippen LogP contribution in [-0.4, -0.2) is 61.3 Å². The minimum Gasteiger partial charge on any atom is -1.00 e. The van der Waals surface area contributed by atoms with Crippen LogP contribution >= 0.6 is 0 Å². The first-order valence-electron chi connectivity index (χ1n) is 6.44. The summed E-state index contributed by atoms with van der Waals surface area (Å²) >= 11 is 0. The van der Waals surface area contributed by atoms with Crippen LogP contribution in [0.4, 0.5) is 0 Å². The maximum absolute atomic E-state index is 2.34. The highest BCUT2D eigenvalue weighted by Gasteiger charge is 2.47. The molecule has 0 unspecified atom stereocenters. The molecular formula is C12H26Br2N2. The third-order valence-corrected chi connectivity index (χ3v) is 4.54. The average molecular weight is 358 g/mol. The molecule has 2 bridgehead atoms. The highest BCUT2D eigenvalue weighted by Crippen LogP contribution is 2.26. The highest BCUT2D eigenvalue weighted by atomic mass is 79.9. The lowest BCUT2D eigenvalue weighted by atomic mass is 10.1. The van der Waals surface area contributed by atoms with Gasteiger partial charge in [0.05, 0.1) is 13.1 Å². The zero-order chi connectivity index (χ0) is 10.1. The number of rotatable bonds is 4. The summed E-state index contributed by atoms with van der Waals surface area (Å²) in [6.45, 7) is 16.3. The number of nitrogens with zero attached hydrogens (tertiary/aromatic N) is 2. The van der Waals surface area contributed by atoms with Gasteiger partial charge in [-0.25, -0.2) is 0 Å². The van der Waals surface area contributed by atoms with Gasteiger partial charge >= 0.3 is 0 Å². The molecule has 0 aromatic carbocycles. The standard InChI is InChI=1S/C12H26N2.2BrH/c1-3-5-13-7-10-14(6-4-2,11-8-13)12-9-13;;/h3-12H2,1-2H3;2*1H/q+2;;/p-2. The van der Waals surface area contributed by atoms with Gasteiger partial charge in [-0.05, 0) is 12.8 Å². The zero-order valence-corrected chi connectivity index (χ0v) is 13.9. The summed E-state index contributed by atoms with van der Waals surface area (Å²) in [5.74, 6) is 0. The van der Waals surface area contributed by atoms with Crippen molar-refractivity contribution in [2.45, 2.75) is 26.7 Å². The van der Waals surface area contributed by atoms with Crippen LogP contribution in [0.15, 0.2) is 0 Å². The number of halogens is 2. The van der Waals surface area contributed by atoms with Gasteiger partial charge in [0.2, 0.25) is 0 Å². The molecule has 3 rings (SSSR count). The first kappa shape index (κ1) is 16.9. The maximum atomic E-state index is 2.34. The highest BCUT2D eigenvalue weighted by molar-refractivity contribution is 4.61. The van der Waals surface area contributed by atoms with Crippen LogP contribution < -0.4 is 34.0 Å². The summed E-state index contributed by atoms with van der Waals surface area (Å²) in [4.78, 5) is 0. The molecule has 0 aromatic rings. The van der Waals surface area contributed by atoms with Crippen molar-refractivity contribution in [3.63, 3.8) is 0 Å². The van der Waals surface area contributed by atoms with Crippen molar-refractivity contribution in [2.24, 2.45) is 0 Å². The number of fused-ring (bicyclic) bond motifs is 3. The summed E-state index contributed by atoms with van der Waals surface area (Å²) in [6, 6.07) is 0. The van der Waals surface area contributed by atoms with Gasteiger partial charge in [-0.1, -0.05) is 13.8 Å². The van der Waals surface area contributed by atoms with Crippen molar-refractivity contribution in [3.8, 4) is 0 Å². The minimum absolute atomic E-state index is 0. The molecule has 0 spiro atoms. The number of hydrogen-bond acceptors (Lipinski definition) is 0. The molecule has 0 radical (unpaired) electrons. The monoisotopic (exact) mass is 356 g/mol. The van der Waals surface area contributed by atoms with Crippen LogP contribution in [-0.2, 0) is 0 Å². The summed E-state index contributed by atoms with van der Waals surface area (Å²) in [7, 11) is 0. The topological polar surface area (TPSA) is 0 Å². The van der Waals surface area contributed by atoms with E-state index >= 15 is 0 Å². The second-order valence-electron chi connectivity index (χ2n) is 5.47. The Balaban J connectivity index is 0.00000112. The molecule has 3 saturated heterocycles. The van der Waals surface area contributed by atoms with E-state index in [0.717, 1.165) is 0 Å². The Bertz CT molecular complexity index is 163. The van der Waals surface area contributed by atoms with E-state index in [9.17, 15) is 0 Å². The lowest BCUT2D eigenvalue weighted by molar-refractivity contribution is -1.08. The van der Waals surface area contributed by atoms with Gasteiger partial charge in [0.15, 0.2) is 0 Å². The van der Waals surface area contributed by atoms with E-state index in [1.54, 1.807) is 0 Å². The summed E-state index contributed by atoms with van der Waals surface area (Å²) < 4.78 is 2.92. The number of hydrogen-bond donors (Lipinski definition) is 0. The van der Waals surface area contributed by atoms with Gasteiger partial charge in [-0.3, -0.25) is 0 Å². The van der Waals surface area contributed by atoms with Crippen molar-refractivity contribution in [3.05, 3.63) is 0 Å². The van der Waals surface area contributed by atoms with Crippen LogP contribution in [0, 0.1) is 0 Å². The van der Waals surface area contributed by atoms with E-state index in [2.05, 4.69) is 13.8 Å². The van der Waals surface area contributed by atoms with Gasteiger partial charge < -0.3 is 42.9 Å². The molecule has 0 aliphatic carbocycles. The van der Waals surface area contributed by atoms with Gasteiger partial charge in [0.25, 0.3) is 0 Å². The number of quaternary nitrogens is 2. The van der Waals surface area contributed by atoms with Gasteiger partial charge in [0, 0.05) is 0 Å². The zero-order valence-electron chi connectivity index (χ0n) is 10.7. The van der Waals surface area contributed by atoms with Crippen LogP contribution in [0.25, 0.3) is 0 Å². The Morgan fingerprint density at radius 3 is 1.06 bits per heavy atom. The molecule has 0 aromatic heterocycles. The van der Waals surface area contributed by atoms with E-state index in [0.29, 0.717) is 0 Å². The molecule has 3 aliphatic heterocycles. The third-order valence-electron chi connectivity index (χ3n) is 4.54. The van der Waals surface area contributed by atoms with Crippen molar-refractivity contribution < 1.29 is 42.9 Å². The fourth-order valence-electron chi connectivity index (χ4n) is 3.56. The van der Waals surface area contributed by atoms with Crippen molar-refractivity contribution in [2.75, 3.05) is 52.4 Å².